The number of β-amino-alcohol motifs (C(OH)–C–C–N with tert-alkyl or cyclic N) is 2. The molecule has 1 fully saturated rings. The van der Waals surface area contributed by atoms with Gasteiger partial charge in [0, 0.05) is 26.7 Å². The molecule has 0 radical (unpaired) electrons. The van der Waals surface area contributed by atoms with Crippen LogP contribution in [0.4, 0.5) is 0 Å². The average Bonchev–Trinajstić information content (AvgIpc) is 2.73. The summed E-state index contributed by atoms with van der Waals surface area (Å²) in [5.74, 6) is 0. The fourth-order valence-electron chi connectivity index (χ4n) is 2.18. The van der Waals surface area contributed by atoms with Crippen molar-refractivity contribution >= 4 is 11.6 Å². The van der Waals surface area contributed by atoms with Crippen LogP contribution in [0.1, 0.15) is 18.3 Å². The summed E-state index contributed by atoms with van der Waals surface area (Å²) in [5, 5.41) is 24.0. The van der Waals surface area contributed by atoms with E-state index in [1.54, 1.807) is 4.68 Å². The van der Waals surface area contributed by atoms with E-state index in [1.165, 1.54) is 0 Å². The van der Waals surface area contributed by atoms with Gasteiger partial charge in [-0.15, -0.1) is 0 Å². The molecular formula is C11H18ClN3O2. The molecule has 1 saturated heterocycles. The molecule has 2 heterocycles. The van der Waals surface area contributed by atoms with Crippen LogP contribution in [0.3, 0.4) is 0 Å². The van der Waals surface area contributed by atoms with Gasteiger partial charge in [0.1, 0.15) is 0 Å². The minimum atomic E-state index is -0.660. The maximum absolute atomic E-state index is 9.49. The molecule has 2 rings (SSSR count). The van der Waals surface area contributed by atoms with Crippen LogP contribution in [-0.2, 0) is 20.0 Å². The predicted octanol–water partition coefficient (Wildman–Crippen LogP) is 0.173. The number of aryl methyl sites for hydroxylation is 2. The van der Waals surface area contributed by atoms with E-state index in [2.05, 4.69) is 5.10 Å². The molecule has 5 nitrogen and oxygen atoms in total. The lowest BCUT2D eigenvalue weighted by atomic mass is 10.3. The molecule has 1 aliphatic rings. The number of halogens is 1. The maximum Gasteiger partial charge on any atom is 0.0938 e. The zero-order chi connectivity index (χ0) is 12.6. The Morgan fingerprint density at radius 1 is 1.35 bits per heavy atom. The van der Waals surface area contributed by atoms with Gasteiger partial charge in [0.25, 0.3) is 0 Å². The zero-order valence-electron chi connectivity index (χ0n) is 10.1. The first-order valence-corrected chi connectivity index (χ1v) is 6.19. The van der Waals surface area contributed by atoms with Gasteiger partial charge in [-0.25, -0.2) is 0 Å². The Balaban J connectivity index is 2.11. The number of hydrogen-bond acceptors (Lipinski definition) is 4. The third-order valence-electron chi connectivity index (χ3n) is 3.21. The summed E-state index contributed by atoms with van der Waals surface area (Å²) in [6.07, 6.45) is -0.516. The summed E-state index contributed by atoms with van der Waals surface area (Å²) < 4.78 is 1.78. The molecule has 96 valence electrons. The van der Waals surface area contributed by atoms with Gasteiger partial charge in [-0.3, -0.25) is 9.58 Å². The molecule has 2 unspecified atom stereocenters. The van der Waals surface area contributed by atoms with E-state index in [0.717, 1.165) is 17.8 Å². The molecule has 1 aromatic rings. The fourth-order valence-corrected chi connectivity index (χ4v) is 2.53. The second-order valence-electron chi connectivity index (χ2n) is 4.51. The predicted molar refractivity (Wildman–Crippen MR) is 64.9 cm³/mol. The fraction of sp³-hybridized carbons (Fsp3) is 0.727. The van der Waals surface area contributed by atoms with Crippen molar-refractivity contribution in [1.29, 1.82) is 0 Å². The quantitative estimate of drug-likeness (QED) is 0.813. The van der Waals surface area contributed by atoms with Crippen molar-refractivity contribution in [2.24, 2.45) is 7.05 Å². The van der Waals surface area contributed by atoms with Crippen LogP contribution in [-0.4, -0.2) is 50.2 Å². The van der Waals surface area contributed by atoms with Gasteiger partial charge in [-0.05, 0) is 6.42 Å². The highest BCUT2D eigenvalue weighted by Gasteiger charge is 2.30. The van der Waals surface area contributed by atoms with E-state index in [9.17, 15) is 10.2 Å². The van der Waals surface area contributed by atoms with Gasteiger partial charge in [0.05, 0.1) is 28.6 Å². The standard InChI is InChI=1S/C11H18ClN3O2/c1-3-7-11(12)8(14(2)13-7)4-15-5-9(16)10(17)6-15/h9-10,16-17H,3-6H2,1-2H3. The monoisotopic (exact) mass is 259 g/mol. The van der Waals surface area contributed by atoms with Crippen LogP contribution in [0, 0.1) is 0 Å². The van der Waals surface area contributed by atoms with Crippen LogP contribution in [0.15, 0.2) is 0 Å². The van der Waals surface area contributed by atoms with Crippen molar-refractivity contribution < 1.29 is 10.2 Å². The highest BCUT2D eigenvalue weighted by atomic mass is 35.5. The second-order valence-corrected chi connectivity index (χ2v) is 4.89. The Morgan fingerprint density at radius 2 is 1.94 bits per heavy atom. The summed E-state index contributed by atoms with van der Waals surface area (Å²) in [5.41, 5.74) is 1.83. The van der Waals surface area contributed by atoms with E-state index in [0.29, 0.717) is 24.7 Å². The van der Waals surface area contributed by atoms with Crippen molar-refractivity contribution in [1.82, 2.24) is 14.7 Å². The lowest BCUT2D eigenvalue weighted by molar-refractivity contribution is 0.0572. The number of likely N-dealkylation sites (tertiary alicyclic amines) is 1. The van der Waals surface area contributed by atoms with E-state index in [1.807, 2.05) is 18.9 Å². The smallest absolute Gasteiger partial charge is 0.0938 e. The van der Waals surface area contributed by atoms with Crippen LogP contribution in [0.5, 0.6) is 0 Å². The van der Waals surface area contributed by atoms with Crippen LogP contribution < -0.4 is 0 Å². The Labute approximate surface area is 106 Å². The Kier molecular flexibility index (Phi) is 3.73. The SMILES string of the molecule is CCc1nn(C)c(CN2CC(O)C(O)C2)c1Cl. The van der Waals surface area contributed by atoms with Crippen LogP contribution >= 0.6 is 11.6 Å². The molecule has 0 spiro atoms. The van der Waals surface area contributed by atoms with Crippen LogP contribution in [0.2, 0.25) is 5.02 Å². The minimum Gasteiger partial charge on any atom is -0.389 e. The van der Waals surface area contributed by atoms with Crippen molar-refractivity contribution in [2.45, 2.75) is 32.1 Å². The van der Waals surface area contributed by atoms with Crippen molar-refractivity contribution in [3.05, 3.63) is 16.4 Å². The molecule has 0 bridgehead atoms. The van der Waals surface area contributed by atoms with Crippen LogP contribution in [0.25, 0.3) is 0 Å². The Hall–Kier alpha value is -0.620. The topological polar surface area (TPSA) is 61.5 Å². The molecule has 6 heteroatoms. The lowest BCUT2D eigenvalue weighted by Crippen LogP contribution is -2.23. The Morgan fingerprint density at radius 3 is 2.41 bits per heavy atom. The molecule has 2 atom stereocenters. The molecule has 0 saturated carbocycles. The summed E-state index contributed by atoms with van der Waals surface area (Å²) in [7, 11) is 1.86. The van der Waals surface area contributed by atoms with E-state index < -0.39 is 12.2 Å². The van der Waals surface area contributed by atoms with Gasteiger partial charge in [-0.2, -0.15) is 5.10 Å². The van der Waals surface area contributed by atoms with Gasteiger partial charge < -0.3 is 10.2 Å². The van der Waals surface area contributed by atoms with Crippen molar-refractivity contribution in [3.63, 3.8) is 0 Å². The Bertz CT molecular complexity index is 398. The molecule has 1 aromatic heterocycles. The summed E-state index contributed by atoms with van der Waals surface area (Å²) >= 11 is 6.25. The van der Waals surface area contributed by atoms with E-state index in [-0.39, 0.29) is 0 Å². The third-order valence-corrected chi connectivity index (χ3v) is 3.65. The summed E-state index contributed by atoms with van der Waals surface area (Å²) in [6, 6.07) is 0. The summed E-state index contributed by atoms with van der Waals surface area (Å²) in [4.78, 5) is 1.98. The molecule has 0 amide bonds. The van der Waals surface area contributed by atoms with Crippen molar-refractivity contribution in [2.75, 3.05) is 13.1 Å². The number of aliphatic hydroxyl groups excluding tert-OH is 2. The molecule has 2 N–H and O–H groups in total. The third kappa shape index (κ3) is 2.47. The largest absolute Gasteiger partial charge is 0.389 e. The lowest BCUT2D eigenvalue weighted by Gasteiger charge is -2.14. The highest BCUT2D eigenvalue weighted by molar-refractivity contribution is 6.31. The molecule has 0 aliphatic carbocycles. The number of nitrogens with zero attached hydrogens (tertiary/aromatic N) is 3. The maximum atomic E-state index is 9.49. The number of aliphatic hydroxyl groups is 2. The zero-order valence-corrected chi connectivity index (χ0v) is 10.9. The molecule has 17 heavy (non-hydrogen) atoms. The normalized spacial score (nSPS) is 25.7. The number of hydrogen-bond donors (Lipinski definition) is 2. The second kappa shape index (κ2) is 4.94. The minimum absolute atomic E-state index is 0.476. The van der Waals surface area contributed by atoms with Crippen molar-refractivity contribution in [3.8, 4) is 0 Å². The van der Waals surface area contributed by atoms with Gasteiger partial charge in [0.2, 0.25) is 0 Å². The average molecular weight is 260 g/mol. The van der Waals surface area contributed by atoms with E-state index >= 15 is 0 Å². The first-order chi connectivity index (χ1) is 8.02. The highest BCUT2D eigenvalue weighted by Crippen LogP contribution is 2.23. The number of rotatable bonds is 3. The molecule has 0 aromatic carbocycles. The molecule has 1 aliphatic heterocycles. The summed E-state index contributed by atoms with van der Waals surface area (Å²) in [6.45, 7) is 3.58. The molecular weight excluding hydrogens is 242 g/mol. The number of aromatic nitrogens is 2. The van der Waals surface area contributed by atoms with E-state index in [4.69, 9.17) is 11.6 Å². The van der Waals surface area contributed by atoms with Gasteiger partial charge >= 0.3 is 0 Å². The first-order valence-electron chi connectivity index (χ1n) is 5.81. The first kappa shape index (κ1) is 12.8. The van der Waals surface area contributed by atoms with Gasteiger partial charge in [0.15, 0.2) is 0 Å². The van der Waals surface area contributed by atoms with Gasteiger partial charge in [-0.1, -0.05) is 18.5 Å².